The van der Waals surface area contributed by atoms with E-state index in [2.05, 4.69) is 11.9 Å². The van der Waals surface area contributed by atoms with Gasteiger partial charge in [0, 0.05) is 23.5 Å². The number of halogens is 1. The maximum Gasteiger partial charge on any atom is 0.323 e. The number of ether oxygens (including phenoxy) is 1. The molecule has 5 heteroatoms. The molecular formula is C15H21ClN2O2. The van der Waals surface area contributed by atoms with Crippen LogP contribution in [0.1, 0.15) is 25.3 Å². The highest BCUT2D eigenvalue weighted by Gasteiger charge is 2.17. The topological polar surface area (TPSA) is 68.1 Å². The van der Waals surface area contributed by atoms with E-state index >= 15 is 0 Å². The Kier molecular flexibility index (Phi) is 6.55. The molecule has 0 saturated heterocycles. The number of hydrogen-bond donors (Lipinski definition) is 2. The van der Waals surface area contributed by atoms with Crippen molar-refractivity contribution in [3.05, 3.63) is 36.0 Å². The molecule has 0 unspecified atom stereocenters. The second-order valence-corrected chi connectivity index (χ2v) is 4.69. The van der Waals surface area contributed by atoms with Crippen LogP contribution in [0.2, 0.25) is 0 Å². The molecule has 0 radical (unpaired) electrons. The second kappa shape index (κ2) is 7.92. The van der Waals surface area contributed by atoms with Gasteiger partial charge in [0.1, 0.15) is 6.04 Å². The molecule has 0 aliphatic carbocycles. The van der Waals surface area contributed by atoms with Crippen molar-refractivity contribution in [1.29, 1.82) is 0 Å². The van der Waals surface area contributed by atoms with Gasteiger partial charge in [0.2, 0.25) is 0 Å². The summed E-state index contributed by atoms with van der Waals surface area (Å²) in [5, 5.41) is 1.11. The van der Waals surface area contributed by atoms with Gasteiger partial charge in [0.25, 0.3) is 0 Å². The fourth-order valence-electron chi connectivity index (χ4n) is 2.04. The number of para-hydroxylation sites is 1. The van der Waals surface area contributed by atoms with Crippen LogP contribution in [0.5, 0.6) is 0 Å². The van der Waals surface area contributed by atoms with E-state index in [1.165, 1.54) is 0 Å². The van der Waals surface area contributed by atoms with E-state index in [0.717, 1.165) is 29.3 Å². The number of carbonyl (C=O) groups excluding carboxylic acids is 1. The Hall–Kier alpha value is -1.52. The summed E-state index contributed by atoms with van der Waals surface area (Å²) < 4.78 is 5.13. The lowest BCUT2D eigenvalue weighted by molar-refractivity contribution is -0.145. The molecule has 1 heterocycles. The first kappa shape index (κ1) is 16.5. The molecule has 1 atom stereocenters. The molecule has 0 spiro atoms. The normalized spacial score (nSPS) is 11.9. The van der Waals surface area contributed by atoms with Crippen LogP contribution in [0.4, 0.5) is 0 Å². The van der Waals surface area contributed by atoms with E-state index in [9.17, 15) is 4.79 Å². The quantitative estimate of drug-likeness (QED) is 0.636. The van der Waals surface area contributed by atoms with E-state index < -0.39 is 6.04 Å². The van der Waals surface area contributed by atoms with Gasteiger partial charge in [-0.2, -0.15) is 0 Å². The molecular weight excluding hydrogens is 276 g/mol. The number of H-pyrrole nitrogens is 1. The zero-order valence-corrected chi connectivity index (χ0v) is 12.4. The van der Waals surface area contributed by atoms with Crippen LogP contribution >= 0.6 is 12.4 Å². The third-order valence-corrected chi connectivity index (χ3v) is 3.16. The van der Waals surface area contributed by atoms with Crippen molar-refractivity contribution in [2.45, 2.75) is 32.2 Å². The summed E-state index contributed by atoms with van der Waals surface area (Å²) in [5.74, 6) is -0.321. The van der Waals surface area contributed by atoms with Crippen LogP contribution in [0.25, 0.3) is 10.9 Å². The SMILES string of the molecule is CCCCOC(=O)[C@@H](N)Cc1c[nH]c2ccccc12.Cl. The highest BCUT2D eigenvalue weighted by atomic mass is 35.5. The third kappa shape index (κ3) is 3.99. The first-order valence-electron chi connectivity index (χ1n) is 6.69. The third-order valence-electron chi connectivity index (χ3n) is 3.16. The maximum atomic E-state index is 11.7. The van der Waals surface area contributed by atoms with Crippen molar-refractivity contribution < 1.29 is 9.53 Å². The molecule has 3 N–H and O–H groups in total. The minimum Gasteiger partial charge on any atom is -0.465 e. The van der Waals surface area contributed by atoms with Crippen molar-refractivity contribution in [1.82, 2.24) is 4.98 Å². The zero-order valence-electron chi connectivity index (χ0n) is 11.6. The molecule has 0 saturated carbocycles. The van der Waals surface area contributed by atoms with Gasteiger partial charge in [-0.05, 0) is 18.1 Å². The number of unbranched alkanes of at least 4 members (excludes halogenated alkanes) is 1. The monoisotopic (exact) mass is 296 g/mol. The van der Waals surface area contributed by atoms with Gasteiger partial charge < -0.3 is 15.5 Å². The van der Waals surface area contributed by atoms with Crippen molar-refractivity contribution >= 4 is 29.3 Å². The molecule has 20 heavy (non-hydrogen) atoms. The van der Waals surface area contributed by atoms with E-state index in [4.69, 9.17) is 10.5 Å². The fourth-order valence-corrected chi connectivity index (χ4v) is 2.04. The summed E-state index contributed by atoms with van der Waals surface area (Å²) in [5.41, 5.74) is 8.00. The number of rotatable bonds is 6. The molecule has 0 bridgehead atoms. The smallest absolute Gasteiger partial charge is 0.323 e. The van der Waals surface area contributed by atoms with Crippen LogP contribution in [0.3, 0.4) is 0 Å². The number of carbonyl (C=O) groups is 1. The lowest BCUT2D eigenvalue weighted by atomic mass is 10.1. The summed E-state index contributed by atoms with van der Waals surface area (Å²) in [6.07, 6.45) is 4.29. The summed E-state index contributed by atoms with van der Waals surface area (Å²) in [6, 6.07) is 7.38. The molecule has 1 aromatic carbocycles. The number of esters is 1. The van der Waals surface area contributed by atoms with Gasteiger partial charge in [0.15, 0.2) is 0 Å². The van der Waals surface area contributed by atoms with E-state index in [0.29, 0.717) is 13.0 Å². The van der Waals surface area contributed by atoms with Crippen LogP contribution in [0.15, 0.2) is 30.5 Å². The fraction of sp³-hybridized carbons (Fsp3) is 0.400. The highest BCUT2D eigenvalue weighted by molar-refractivity contribution is 5.85. The average molecular weight is 297 g/mol. The number of aromatic nitrogens is 1. The Labute approximate surface area is 125 Å². The second-order valence-electron chi connectivity index (χ2n) is 4.69. The molecule has 0 aliphatic rings. The summed E-state index contributed by atoms with van der Waals surface area (Å²) >= 11 is 0. The molecule has 4 nitrogen and oxygen atoms in total. The van der Waals surface area contributed by atoms with Gasteiger partial charge in [0.05, 0.1) is 6.61 Å². The molecule has 0 fully saturated rings. The number of nitrogens with one attached hydrogen (secondary N) is 1. The van der Waals surface area contributed by atoms with Gasteiger partial charge in [-0.15, -0.1) is 12.4 Å². The van der Waals surface area contributed by atoms with Crippen LogP contribution in [0, 0.1) is 0 Å². The first-order chi connectivity index (χ1) is 9.22. The molecule has 2 rings (SSSR count). The number of nitrogens with two attached hydrogens (primary N) is 1. The highest BCUT2D eigenvalue weighted by Crippen LogP contribution is 2.18. The molecule has 110 valence electrons. The van der Waals surface area contributed by atoms with E-state index in [-0.39, 0.29) is 18.4 Å². The number of aromatic amines is 1. The van der Waals surface area contributed by atoms with Crippen LogP contribution < -0.4 is 5.73 Å². The van der Waals surface area contributed by atoms with Gasteiger partial charge >= 0.3 is 5.97 Å². The average Bonchev–Trinajstić information content (AvgIpc) is 2.82. The molecule has 1 aromatic heterocycles. The standard InChI is InChI=1S/C15H20N2O2.ClH/c1-2-3-8-19-15(18)13(16)9-11-10-17-14-7-5-4-6-12(11)14;/h4-7,10,13,17H,2-3,8-9,16H2,1H3;1H/t13-;/m0./s1. The van der Waals surface area contributed by atoms with E-state index in [1.807, 2.05) is 30.5 Å². The predicted molar refractivity (Wildman–Crippen MR) is 83.1 cm³/mol. The predicted octanol–water partition coefficient (Wildman–Crippen LogP) is 2.80. The lowest BCUT2D eigenvalue weighted by Gasteiger charge is -2.10. The number of hydrogen-bond acceptors (Lipinski definition) is 3. The zero-order chi connectivity index (χ0) is 13.7. The molecule has 0 aliphatic heterocycles. The number of fused-ring (bicyclic) bond motifs is 1. The Morgan fingerprint density at radius 1 is 1.40 bits per heavy atom. The number of benzene rings is 1. The Balaban J connectivity index is 0.00000200. The van der Waals surface area contributed by atoms with Crippen molar-refractivity contribution in [2.24, 2.45) is 5.73 Å². The van der Waals surface area contributed by atoms with Crippen LogP contribution in [-0.2, 0) is 16.0 Å². The Morgan fingerprint density at radius 3 is 2.90 bits per heavy atom. The van der Waals surface area contributed by atoms with Crippen molar-refractivity contribution in [3.63, 3.8) is 0 Å². The van der Waals surface area contributed by atoms with Crippen molar-refractivity contribution in [2.75, 3.05) is 6.61 Å². The minimum atomic E-state index is -0.601. The largest absolute Gasteiger partial charge is 0.465 e. The van der Waals surface area contributed by atoms with Crippen molar-refractivity contribution in [3.8, 4) is 0 Å². The lowest BCUT2D eigenvalue weighted by Crippen LogP contribution is -2.34. The molecule has 2 aromatic rings. The summed E-state index contributed by atoms with van der Waals surface area (Å²) in [6.45, 7) is 2.51. The Morgan fingerprint density at radius 2 is 2.15 bits per heavy atom. The maximum absolute atomic E-state index is 11.7. The van der Waals surface area contributed by atoms with Gasteiger partial charge in [-0.1, -0.05) is 31.5 Å². The van der Waals surface area contributed by atoms with Crippen LogP contribution in [-0.4, -0.2) is 23.6 Å². The summed E-state index contributed by atoms with van der Waals surface area (Å²) in [7, 11) is 0. The Bertz CT molecular complexity index is 554. The molecule has 0 amide bonds. The van der Waals surface area contributed by atoms with E-state index in [1.54, 1.807) is 0 Å². The van der Waals surface area contributed by atoms with Gasteiger partial charge in [-0.25, -0.2) is 0 Å². The van der Waals surface area contributed by atoms with Gasteiger partial charge in [-0.3, -0.25) is 4.79 Å². The minimum absolute atomic E-state index is 0. The first-order valence-corrected chi connectivity index (χ1v) is 6.69. The summed E-state index contributed by atoms with van der Waals surface area (Å²) in [4.78, 5) is 14.9.